The standard InChI is InChI=1S/C14H18F2N2O/c15-11-3-1-2-10(13(11)16)14-12(8-17)19-7-6-18(14)9-4-5-9/h1-3,9,12,14H,4-8,17H2. The Morgan fingerprint density at radius 2 is 2.11 bits per heavy atom. The van der Waals surface area contributed by atoms with E-state index in [4.69, 9.17) is 10.5 Å². The molecule has 0 aromatic heterocycles. The molecule has 0 bridgehead atoms. The third-order valence-electron chi connectivity index (χ3n) is 3.94. The first-order valence-corrected chi connectivity index (χ1v) is 6.73. The summed E-state index contributed by atoms with van der Waals surface area (Å²) in [5.41, 5.74) is 6.10. The van der Waals surface area contributed by atoms with Crippen LogP contribution in [0.1, 0.15) is 24.4 Å². The first-order valence-electron chi connectivity index (χ1n) is 6.73. The lowest BCUT2D eigenvalue weighted by Crippen LogP contribution is -2.49. The predicted molar refractivity (Wildman–Crippen MR) is 67.6 cm³/mol. The Bertz CT molecular complexity index is 465. The van der Waals surface area contributed by atoms with Crippen molar-refractivity contribution in [2.45, 2.75) is 31.0 Å². The van der Waals surface area contributed by atoms with E-state index in [0.717, 1.165) is 25.5 Å². The van der Waals surface area contributed by atoms with Gasteiger partial charge in [-0.05, 0) is 18.9 Å². The van der Waals surface area contributed by atoms with Gasteiger partial charge in [-0.15, -0.1) is 0 Å². The van der Waals surface area contributed by atoms with E-state index in [1.54, 1.807) is 12.1 Å². The number of halogens is 2. The van der Waals surface area contributed by atoms with Crippen LogP contribution < -0.4 is 5.73 Å². The van der Waals surface area contributed by atoms with Crippen LogP contribution in [0.25, 0.3) is 0 Å². The zero-order valence-corrected chi connectivity index (χ0v) is 10.7. The Balaban J connectivity index is 1.98. The van der Waals surface area contributed by atoms with E-state index >= 15 is 0 Å². The molecule has 5 heteroatoms. The number of nitrogens with zero attached hydrogens (tertiary/aromatic N) is 1. The molecule has 2 fully saturated rings. The van der Waals surface area contributed by atoms with Crippen LogP contribution in [-0.2, 0) is 4.74 Å². The average Bonchev–Trinajstić information content (AvgIpc) is 3.25. The predicted octanol–water partition coefficient (Wildman–Crippen LogP) is 1.83. The highest BCUT2D eigenvalue weighted by Crippen LogP contribution is 2.39. The van der Waals surface area contributed by atoms with Crippen LogP contribution >= 0.6 is 0 Å². The third-order valence-corrected chi connectivity index (χ3v) is 3.94. The number of rotatable bonds is 3. The van der Waals surface area contributed by atoms with E-state index < -0.39 is 11.6 Å². The van der Waals surface area contributed by atoms with E-state index in [-0.39, 0.29) is 12.1 Å². The summed E-state index contributed by atoms with van der Waals surface area (Å²) in [6.07, 6.45) is 1.96. The molecule has 1 aromatic carbocycles. The molecule has 1 heterocycles. The molecule has 3 nitrogen and oxygen atoms in total. The van der Waals surface area contributed by atoms with Crippen molar-refractivity contribution >= 4 is 0 Å². The van der Waals surface area contributed by atoms with Crippen LogP contribution in [0.5, 0.6) is 0 Å². The number of hydrogen-bond acceptors (Lipinski definition) is 3. The highest BCUT2D eigenvalue weighted by Gasteiger charge is 2.42. The number of morpholine rings is 1. The second-order valence-corrected chi connectivity index (χ2v) is 5.20. The summed E-state index contributed by atoms with van der Waals surface area (Å²) in [6.45, 7) is 1.66. The van der Waals surface area contributed by atoms with Crippen molar-refractivity contribution in [3.05, 3.63) is 35.4 Å². The monoisotopic (exact) mass is 268 g/mol. The quantitative estimate of drug-likeness (QED) is 0.909. The van der Waals surface area contributed by atoms with Crippen LogP contribution in [0.15, 0.2) is 18.2 Å². The Morgan fingerprint density at radius 1 is 1.32 bits per heavy atom. The number of hydrogen-bond donors (Lipinski definition) is 1. The first-order chi connectivity index (χ1) is 9.22. The van der Waals surface area contributed by atoms with Gasteiger partial charge in [0.25, 0.3) is 0 Å². The van der Waals surface area contributed by atoms with Crippen molar-refractivity contribution < 1.29 is 13.5 Å². The molecule has 3 rings (SSSR count). The van der Waals surface area contributed by atoms with E-state index in [1.807, 2.05) is 0 Å². The highest BCUT2D eigenvalue weighted by molar-refractivity contribution is 5.25. The van der Waals surface area contributed by atoms with Gasteiger partial charge in [0.15, 0.2) is 11.6 Å². The van der Waals surface area contributed by atoms with Gasteiger partial charge in [-0.1, -0.05) is 12.1 Å². The summed E-state index contributed by atoms with van der Waals surface area (Å²) in [6, 6.07) is 4.51. The molecule has 1 saturated carbocycles. The van der Waals surface area contributed by atoms with Gasteiger partial charge < -0.3 is 10.5 Å². The summed E-state index contributed by atoms with van der Waals surface area (Å²) < 4.78 is 33.1. The fourth-order valence-electron chi connectivity index (χ4n) is 2.89. The van der Waals surface area contributed by atoms with Crippen molar-refractivity contribution in [1.82, 2.24) is 4.90 Å². The van der Waals surface area contributed by atoms with Gasteiger partial charge in [-0.3, -0.25) is 4.90 Å². The lowest BCUT2D eigenvalue weighted by atomic mass is 9.97. The molecule has 19 heavy (non-hydrogen) atoms. The van der Waals surface area contributed by atoms with Crippen LogP contribution in [0.4, 0.5) is 8.78 Å². The van der Waals surface area contributed by atoms with Gasteiger partial charge in [0.1, 0.15) is 0 Å². The van der Waals surface area contributed by atoms with Crippen LogP contribution in [-0.4, -0.2) is 36.7 Å². The topological polar surface area (TPSA) is 38.5 Å². The van der Waals surface area contributed by atoms with Crippen molar-refractivity contribution in [3.63, 3.8) is 0 Å². The maximum absolute atomic E-state index is 14.1. The van der Waals surface area contributed by atoms with Crippen molar-refractivity contribution in [2.75, 3.05) is 19.7 Å². The minimum Gasteiger partial charge on any atom is -0.374 e. The summed E-state index contributed by atoms with van der Waals surface area (Å²) in [4.78, 5) is 2.22. The van der Waals surface area contributed by atoms with E-state index in [1.165, 1.54) is 0 Å². The molecule has 104 valence electrons. The fourth-order valence-corrected chi connectivity index (χ4v) is 2.89. The normalized spacial score (nSPS) is 28.6. The molecule has 0 radical (unpaired) electrons. The van der Waals surface area contributed by atoms with Gasteiger partial charge in [-0.2, -0.15) is 0 Å². The molecule has 1 saturated heterocycles. The molecular weight excluding hydrogens is 250 g/mol. The molecule has 1 aliphatic carbocycles. The zero-order chi connectivity index (χ0) is 13.4. The summed E-state index contributed by atoms with van der Waals surface area (Å²) in [5.74, 6) is -1.59. The largest absolute Gasteiger partial charge is 0.374 e. The number of ether oxygens (including phenoxy) is 1. The second kappa shape index (κ2) is 5.15. The van der Waals surface area contributed by atoms with Gasteiger partial charge >= 0.3 is 0 Å². The van der Waals surface area contributed by atoms with E-state index in [0.29, 0.717) is 24.8 Å². The minimum absolute atomic E-state index is 0.273. The van der Waals surface area contributed by atoms with Gasteiger partial charge in [-0.25, -0.2) is 8.78 Å². The molecule has 2 aliphatic rings. The van der Waals surface area contributed by atoms with E-state index in [9.17, 15) is 8.78 Å². The smallest absolute Gasteiger partial charge is 0.163 e. The molecule has 2 unspecified atom stereocenters. The molecule has 1 aromatic rings. The number of benzene rings is 1. The molecule has 2 atom stereocenters. The third kappa shape index (κ3) is 2.38. The molecular formula is C14H18F2N2O. The Labute approximate surface area is 111 Å². The first kappa shape index (κ1) is 13.0. The second-order valence-electron chi connectivity index (χ2n) is 5.20. The van der Waals surface area contributed by atoms with Gasteiger partial charge in [0, 0.05) is 24.7 Å². The fraction of sp³-hybridized carbons (Fsp3) is 0.571. The maximum atomic E-state index is 14.1. The van der Waals surface area contributed by atoms with Crippen molar-refractivity contribution in [3.8, 4) is 0 Å². The summed E-state index contributed by atoms with van der Waals surface area (Å²) in [7, 11) is 0. The molecule has 0 spiro atoms. The minimum atomic E-state index is -0.811. The zero-order valence-electron chi connectivity index (χ0n) is 10.7. The van der Waals surface area contributed by atoms with Crippen LogP contribution in [0, 0.1) is 11.6 Å². The van der Waals surface area contributed by atoms with Gasteiger partial charge in [0.2, 0.25) is 0 Å². The molecule has 2 N–H and O–H groups in total. The maximum Gasteiger partial charge on any atom is 0.163 e. The SMILES string of the molecule is NCC1OCCN(C2CC2)C1c1cccc(F)c1F. The Hall–Kier alpha value is -1.04. The Morgan fingerprint density at radius 3 is 2.79 bits per heavy atom. The lowest BCUT2D eigenvalue weighted by molar-refractivity contribution is -0.0724. The van der Waals surface area contributed by atoms with Crippen LogP contribution in [0.2, 0.25) is 0 Å². The van der Waals surface area contributed by atoms with Crippen LogP contribution in [0.3, 0.4) is 0 Å². The highest BCUT2D eigenvalue weighted by atomic mass is 19.2. The molecule has 0 amide bonds. The summed E-state index contributed by atoms with van der Waals surface area (Å²) in [5, 5.41) is 0. The van der Waals surface area contributed by atoms with E-state index in [2.05, 4.69) is 4.90 Å². The molecule has 1 aliphatic heterocycles. The summed E-state index contributed by atoms with van der Waals surface area (Å²) >= 11 is 0. The van der Waals surface area contributed by atoms with Crippen molar-refractivity contribution in [1.29, 1.82) is 0 Å². The Kier molecular flexibility index (Phi) is 3.52. The lowest BCUT2D eigenvalue weighted by Gasteiger charge is -2.41. The number of nitrogens with two attached hydrogens (primary N) is 1. The van der Waals surface area contributed by atoms with Gasteiger partial charge in [0.05, 0.1) is 18.8 Å². The van der Waals surface area contributed by atoms with Crippen molar-refractivity contribution in [2.24, 2.45) is 5.73 Å². The average molecular weight is 268 g/mol.